The first-order valence-corrected chi connectivity index (χ1v) is 6.61. The van der Waals surface area contributed by atoms with Crippen molar-refractivity contribution in [3.63, 3.8) is 0 Å². The van der Waals surface area contributed by atoms with E-state index in [0.29, 0.717) is 18.1 Å². The topological polar surface area (TPSA) is 29.1 Å². The minimum atomic E-state index is 0.300. The Morgan fingerprint density at radius 3 is 3.00 bits per heavy atom. The summed E-state index contributed by atoms with van der Waals surface area (Å²) in [5.41, 5.74) is 4.43. The van der Waals surface area contributed by atoms with Gasteiger partial charge in [0.05, 0.1) is 0 Å². The SMILES string of the molecule is C=C(C)NCCC1CCC(=O)c2ccc(C)cc21. The Kier molecular flexibility index (Phi) is 3.85. The Labute approximate surface area is 109 Å². The molecule has 2 rings (SSSR count). The highest BCUT2D eigenvalue weighted by Gasteiger charge is 2.25. The molecule has 0 saturated heterocycles. The summed E-state index contributed by atoms with van der Waals surface area (Å²) in [6, 6.07) is 6.20. The van der Waals surface area contributed by atoms with Crippen LogP contribution in [0.1, 0.15) is 53.6 Å². The first-order valence-electron chi connectivity index (χ1n) is 6.61. The van der Waals surface area contributed by atoms with Gasteiger partial charge in [0.1, 0.15) is 0 Å². The van der Waals surface area contributed by atoms with Crippen molar-refractivity contribution in [2.45, 2.75) is 39.0 Å². The van der Waals surface area contributed by atoms with E-state index >= 15 is 0 Å². The number of benzene rings is 1. The molecule has 2 heteroatoms. The van der Waals surface area contributed by atoms with Crippen molar-refractivity contribution in [3.05, 3.63) is 47.2 Å². The zero-order valence-electron chi connectivity index (χ0n) is 11.3. The fraction of sp³-hybridized carbons (Fsp3) is 0.438. The summed E-state index contributed by atoms with van der Waals surface area (Å²) in [4.78, 5) is 11.9. The van der Waals surface area contributed by atoms with Gasteiger partial charge in [-0.25, -0.2) is 0 Å². The molecule has 1 aromatic rings. The van der Waals surface area contributed by atoms with Gasteiger partial charge in [-0.2, -0.15) is 0 Å². The van der Waals surface area contributed by atoms with Gasteiger partial charge in [-0.3, -0.25) is 4.79 Å². The molecule has 2 nitrogen and oxygen atoms in total. The smallest absolute Gasteiger partial charge is 0.163 e. The second kappa shape index (κ2) is 5.38. The zero-order valence-corrected chi connectivity index (χ0v) is 11.3. The quantitative estimate of drug-likeness (QED) is 0.876. The van der Waals surface area contributed by atoms with Crippen LogP contribution < -0.4 is 5.32 Å². The molecular formula is C16H21NO. The fourth-order valence-electron chi connectivity index (χ4n) is 2.63. The third-order valence-corrected chi connectivity index (χ3v) is 3.59. The van der Waals surface area contributed by atoms with Crippen LogP contribution in [0.5, 0.6) is 0 Å². The van der Waals surface area contributed by atoms with Gasteiger partial charge in [0.2, 0.25) is 0 Å². The minimum absolute atomic E-state index is 0.300. The zero-order chi connectivity index (χ0) is 13.1. The summed E-state index contributed by atoms with van der Waals surface area (Å²) in [7, 11) is 0. The monoisotopic (exact) mass is 243 g/mol. The summed E-state index contributed by atoms with van der Waals surface area (Å²) in [5, 5.41) is 3.27. The van der Waals surface area contributed by atoms with Crippen molar-refractivity contribution in [2.24, 2.45) is 0 Å². The number of fused-ring (bicyclic) bond motifs is 1. The second-order valence-electron chi connectivity index (χ2n) is 5.25. The Morgan fingerprint density at radius 1 is 1.50 bits per heavy atom. The van der Waals surface area contributed by atoms with Crippen LogP contribution in [0.25, 0.3) is 0 Å². The molecule has 0 spiro atoms. The van der Waals surface area contributed by atoms with Crippen LogP contribution in [0, 0.1) is 6.92 Å². The van der Waals surface area contributed by atoms with E-state index in [4.69, 9.17) is 0 Å². The molecule has 0 aromatic heterocycles. The van der Waals surface area contributed by atoms with Crippen LogP contribution in [-0.2, 0) is 0 Å². The predicted molar refractivity (Wildman–Crippen MR) is 74.9 cm³/mol. The van der Waals surface area contributed by atoms with E-state index in [0.717, 1.165) is 30.6 Å². The molecule has 1 aliphatic rings. The molecule has 0 fully saturated rings. The van der Waals surface area contributed by atoms with Crippen molar-refractivity contribution in [2.75, 3.05) is 6.54 Å². The predicted octanol–water partition coefficient (Wildman–Crippen LogP) is 3.57. The maximum absolute atomic E-state index is 11.9. The lowest BCUT2D eigenvalue weighted by Gasteiger charge is -2.25. The summed E-state index contributed by atoms with van der Waals surface area (Å²) in [6.45, 7) is 8.84. The number of nitrogens with one attached hydrogen (secondary N) is 1. The summed E-state index contributed by atoms with van der Waals surface area (Å²) >= 11 is 0. The van der Waals surface area contributed by atoms with Crippen LogP contribution >= 0.6 is 0 Å². The van der Waals surface area contributed by atoms with Crippen LogP contribution in [0.15, 0.2) is 30.5 Å². The van der Waals surface area contributed by atoms with E-state index in [2.05, 4.69) is 24.9 Å². The molecule has 1 N–H and O–H groups in total. The van der Waals surface area contributed by atoms with E-state index < -0.39 is 0 Å². The van der Waals surface area contributed by atoms with Crippen LogP contribution in [0.2, 0.25) is 0 Å². The summed E-state index contributed by atoms with van der Waals surface area (Å²) < 4.78 is 0. The number of carbonyl (C=O) groups excluding carboxylic acids is 1. The number of rotatable bonds is 4. The minimum Gasteiger partial charge on any atom is -0.389 e. The average molecular weight is 243 g/mol. The largest absolute Gasteiger partial charge is 0.389 e. The van der Waals surface area contributed by atoms with Gasteiger partial charge < -0.3 is 5.32 Å². The molecular weight excluding hydrogens is 222 g/mol. The van der Waals surface area contributed by atoms with E-state index in [1.165, 1.54) is 11.1 Å². The molecule has 96 valence electrons. The number of carbonyl (C=O) groups is 1. The number of ketones is 1. The van der Waals surface area contributed by atoms with Gasteiger partial charge in [0.25, 0.3) is 0 Å². The van der Waals surface area contributed by atoms with E-state index in [-0.39, 0.29) is 0 Å². The number of hydrogen-bond donors (Lipinski definition) is 1. The number of Topliss-reactive ketones (excluding diaryl/α,β-unsaturated/α-hetero) is 1. The van der Waals surface area contributed by atoms with E-state index in [9.17, 15) is 4.79 Å². The Balaban J connectivity index is 2.15. The highest BCUT2D eigenvalue weighted by atomic mass is 16.1. The molecule has 0 radical (unpaired) electrons. The van der Waals surface area contributed by atoms with E-state index in [1.807, 2.05) is 19.1 Å². The third kappa shape index (κ3) is 2.81. The van der Waals surface area contributed by atoms with Crippen LogP contribution in [0.3, 0.4) is 0 Å². The van der Waals surface area contributed by atoms with Gasteiger partial charge in [-0.15, -0.1) is 0 Å². The fourth-order valence-corrected chi connectivity index (χ4v) is 2.63. The number of aryl methyl sites for hydroxylation is 1. The van der Waals surface area contributed by atoms with Crippen molar-refractivity contribution in [3.8, 4) is 0 Å². The van der Waals surface area contributed by atoms with E-state index in [1.54, 1.807) is 0 Å². The normalized spacial score (nSPS) is 18.3. The lowest BCUT2D eigenvalue weighted by Crippen LogP contribution is -2.20. The van der Waals surface area contributed by atoms with Gasteiger partial charge >= 0.3 is 0 Å². The molecule has 18 heavy (non-hydrogen) atoms. The van der Waals surface area contributed by atoms with Gasteiger partial charge in [0, 0.05) is 24.2 Å². The maximum atomic E-state index is 11.9. The lowest BCUT2D eigenvalue weighted by molar-refractivity contribution is 0.0966. The molecule has 0 saturated carbocycles. The molecule has 0 aliphatic heterocycles. The maximum Gasteiger partial charge on any atom is 0.163 e. The Hall–Kier alpha value is -1.57. The summed E-state index contributed by atoms with van der Waals surface area (Å²) in [5.74, 6) is 0.804. The molecule has 1 unspecified atom stereocenters. The highest BCUT2D eigenvalue weighted by molar-refractivity contribution is 5.98. The van der Waals surface area contributed by atoms with Crippen molar-refractivity contribution in [1.29, 1.82) is 0 Å². The van der Waals surface area contributed by atoms with Crippen molar-refractivity contribution in [1.82, 2.24) is 5.32 Å². The molecule has 1 aliphatic carbocycles. The first kappa shape index (κ1) is 12.9. The Morgan fingerprint density at radius 2 is 2.28 bits per heavy atom. The second-order valence-corrected chi connectivity index (χ2v) is 5.25. The van der Waals surface area contributed by atoms with Crippen molar-refractivity contribution >= 4 is 5.78 Å². The molecule has 0 amide bonds. The van der Waals surface area contributed by atoms with Gasteiger partial charge in [0.15, 0.2) is 5.78 Å². The highest BCUT2D eigenvalue weighted by Crippen LogP contribution is 2.34. The Bertz CT molecular complexity index is 476. The van der Waals surface area contributed by atoms with Crippen molar-refractivity contribution < 1.29 is 4.79 Å². The van der Waals surface area contributed by atoms with Gasteiger partial charge in [-0.1, -0.05) is 30.3 Å². The number of allylic oxidation sites excluding steroid dienone is 1. The molecule has 0 bridgehead atoms. The molecule has 1 atom stereocenters. The number of hydrogen-bond acceptors (Lipinski definition) is 2. The molecule has 1 aromatic carbocycles. The van der Waals surface area contributed by atoms with Crippen LogP contribution in [0.4, 0.5) is 0 Å². The van der Waals surface area contributed by atoms with Gasteiger partial charge in [-0.05, 0) is 38.2 Å². The summed E-state index contributed by atoms with van der Waals surface area (Å²) in [6.07, 6.45) is 2.73. The first-order chi connectivity index (χ1) is 8.58. The third-order valence-electron chi connectivity index (χ3n) is 3.59. The standard InChI is InChI=1S/C16H21NO/c1-11(2)17-9-8-13-5-7-16(18)14-6-4-12(3)10-15(13)14/h4,6,10,13,17H,1,5,7-9H2,2-3H3. The lowest BCUT2D eigenvalue weighted by atomic mass is 9.80. The van der Waals surface area contributed by atoms with Crippen LogP contribution in [-0.4, -0.2) is 12.3 Å². The molecule has 0 heterocycles. The average Bonchev–Trinajstić information content (AvgIpc) is 2.31.